The van der Waals surface area contributed by atoms with Gasteiger partial charge < -0.3 is 20.1 Å². The summed E-state index contributed by atoms with van der Waals surface area (Å²) in [5.74, 6) is -2.54. The van der Waals surface area contributed by atoms with Gasteiger partial charge in [-0.15, -0.1) is 11.8 Å². The highest BCUT2D eigenvalue weighted by atomic mass is 79.9. The first-order valence-corrected chi connectivity index (χ1v) is 21.7. The summed E-state index contributed by atoms with van der Waals surface area (Å²) in [6.45, 7) is 0. The zero-order chi connectivity index (χ0) is 42.2. The van der Waals surface area contributed by atoms with E-state index in [0.717, 1.165) is 22.3 Å². The number of esters is 2. The van der Waals surface area contributed by atoms with Crippen molar-refractivity contribution in [2.24, 2.45) is 0 Å². The van der Waals surface area contributed by atoms with Gasteiger partial charge in [0.1, 0.15) is 23.2 Å². The number of carbonyl (C=O) groups is 5. The maximum Gasteiger partial charge on any atom is 0.356 e. The lowest BCUT2D eigenvalue weighted by atomic mass is 10.0. The largest absolute Gasteiger partial charge is 0.451 e. The van der Waals surface area contributed by atoms with E-state index in [4.69, 9.17) is 32.7 Å². The van der Waals surface area contributed by atoms with Gasteiger partial charge in [0.2, 0.25) is 5.91 Å². The van der Waals surface area contributed by atoms with Crippen LogP contribution in [-0.4, -0.2) is 57.8 Å². The molecule has 3 atom stereocenters. The van der Waals surface area contributed by atoms with Gasteiger partial charge in [-0.2, -0.15) is 0 Å². The second-order valence-corrected chi connectivity index (χ2v) is 16.9. The topological polar surface area (TPSA) is 131 Å². The first-order valence-electron chi connectivity index (χ1n) is 19.1. The molecule has 2 unspecified atom stereocenters. The van der Waals surface area contributed by atoms with E-state index in [1.165, 1.54) is 34.9 Å². The lowest BCUT2D eigenvalue weighted by Crippen LogP contribution is -2.70. The molecule has 2 heterocycles. The Balaban J connectivity index is 1.01. The van der Waals surface area contributed by atoms with Crippen LogP contribution in [0.15, 0.2) is 150 Å². The van der Waals surface area contributed by atoms with Gasteiger partial charge in [-0.05, 0) is 53.3 Å². The lowest BCUT2D eigenvalue weighted by molar-refractivity contribution is -0.154. The predicted octanol–water partition coefficient (Wildman–Crippen LogP) is 8.93. The van der Waals surface area contributed by atoms with Crippen molar-refractivity contribution in [2.75, 3.05) is 5.75 Å². The molecule has 14 heteroatoms. The van der Waals surface area contributed by atoms with Crippen LogP contribution in [0.25, 0.3) is 0 Å². The Bertz CT molecular complexity index is 2310. The predicted molar refractivity (Wildman–Crippen MR) is 234 cm³/mol. The number of ether oxygens (including phenoxy) is 2. The molecule has 5 aromatic carbocycles. The molecule has 1 fully saturated rings. The van der Waals surface area contributed by atoms with E-state index in [9.17, 15) is 24.0 Å². The molecule has 306 valence electrons. The minimum Gasteiger partial charge on any atom is -0.451 e. The fourth-order valence-corrected chi connectivity index (χ4v) is 9.41. The SMILES string of the molecule is O=C(CCCC(NC(=O)c1ccc(Cl)cc1Cl)C(=O)OC(c1ccccc1)c1ccccc1)NC1C(=O)N2C(C(=O)OC(c3ccccc3)c3ccccc3)=C(Br)CS[C@@H]12. The van der Waals surface area contributed by atoms with Crippen molar-refractivity contribution in [3.05, 3.63) is 188 Å². The van der Waals surface area contributed by atoms with Crippen LogP contribution in [0, 0.1) is 0 Å². The molecule has 0 saturated carbocycles. The van der Waals surface area contributed by atoms with E-state index in [1.54, 1.807) is 0 Å². The quantitative estimate of drug-likeness (QED) is 0.0787. The average Bonchev–Trinajstić information content (AvgIpc) is 3.27. The maximum absolute atomic E-state index is 14.0. The van der Waals surface area contributed by atoms with E-state index in [2.05, 4.69) is 26.6 Å². The van der Waals surface area contributed by atoms with Crippen LogP contribution in [0.4, 0.5) is 0 Å². The van der Waals surface area contributed by atoms with Crippen molar-refractivity contribution < 1.29 is 33.4 Å². The number of carbonyl (C=O) groups excluding carboxylic acids is 5. The molecule has 10 nitrogen and oxygen atoms in total. The molecule has 0 aromatic heterocycles. The smallest absolute Gasteiger partial charge is 0.356 e. The molecular weight excluding hydrogens is 889 g/mol. The highest BCUT2D eigenvalue weighted by Gasteiger charge is 2.54. The Morgan fingerprint density at radius 1 is 0.750 bits per heavy atom. The third-order valence-electron chi connectivity index (χ3n) is 9.96. The van der Waals surface area contributed by atoms with Gasteiger partial charge in [0.25, 0.3) is 11.8 Å². The lowest BCUT2D eigenvalue weighted by Gasteiger charge is -2.49. The van der Waals surface area contributed by atoms with E-state index in [-0.39, 0.29) is 35.5 Å². The highest BCUT2D eigenvalue weighted by Crippen LogP contribution is 2.43. The van der Waals surface area contributed by atoms with Crippen molar-refractivity contribution in [3.8, 4) is 0 Å². The van der Waals surface area contributed by atoms with E-state index < -0.39 is 59.3 Å². The van der Waals surface area contributed by atoms with Gasteiger partial charge in [0.05, 0.1) is 10.6 Å². The van der Waals surface area contributed by atoms with Gasteiger partial charge in [0.15, 0.2) is 12.2 Å². The molecule has 2 N–H and O–H groups in total. The fraction of sp³-hybridized carbons (Fsp3) is 0.196. The fourth-order valence-electron chi connectivity index (χ4n) is 6.97. The van der Waals surface area contributed by atoms with E-state index >= 15 is 0 Å². The molecule has 5 aromatic rings. The van der Waals surface area contributed by atoms with Gasteiger partial charge >= 0.3 is 11.9 Å². The van der Waals surface area contributed by atoms with Crippen LogP contribution in [0.2, 0.25) is 10.0 Å². The van der Waals surface area contributed by atoms with Crippen LogP contribution in [0.1, 0.15) is 64.1 Å². The van der Waals surface area contributed by atoms with Crippen LogP contribution >= 0.6 is 50.9 Å². The molecule has 2 aliphatic rings. The monoisotopic (exact) mass is 925 g/mol. The number of benzene rings is 5. The van der Waals surface area contributed by atoms with Crippen LogP contribution in [0.5, 0.6) is 0 Å². The Kier molecular flexibility index (Phi) is 14.1. The standard InChI is InChI=1S/C46H38BrCl2N3O7S/c47-34-27-60-44-38(43(55)52(44)39(34)46(57)59-41(30-18-9-3-10-19-30)31-20-11-4-12-21-31)51-37(53)23-13-22-36(50-42(54)33-25-24-32(48)26-35(33)49)45(56)58-40(28-14-5-1-6-15-28)29-16-7-2-8-17-29/h1-12,14-21,24-26,36,38,40-41,44H,13,22-23,27H2,(H,50,54)(H,51,53)/t36?,38?,44-/m0/s1. The number of halogens is 3. The molecular formula is C46H38BrCl2N3O7S. The van der Waals surface area contributed by atoms with Crippen LogP contribution in [0.3, 0.4) is 0 Å². The molecule has 60 heavy (non-hydrogen) atoms. The van der Waals surface area contributed by atoms with E-state index in [0.29, 0.717) is 15.3 Å². The van der Waals surface area contributed by atoms with Crippen molar-refractivity contribution in [3.63, 3.8) is 0 Å². The summed E-state index contributed by atoms with van der Waals surface area (Å²) in [6, 6.07) is 39.5. The summed E-state index contributed by atoms with van der Waals surface area (Å²) < 4.78 is 12.7. The number of hydrogen-bond donors (Lipinski definition) is 2. The Hall–Kier alpha value is -5.40. The van der Waals surface area contributed by atoms with Gasteiger partial charge in [-0.25, -0.2) is 9.59 Å². The van der Waals surface area contributed by atoms with Crippen molar-refractivity contribution >= 4 is 80.6 Å². The summed E-state index contributed by atoms with van der Waals surface area (Å²) in [4.78, 5) is 69.7. The maximum atomic E-state index is 14.0. The van der Waals surface area contributed by atoms with Crippen molar-refractivity contribution in [1.82, 2.24) is 15.5 Å². The van der Waals surface area contributed by atoms with Gasteiger partial charge in [0, 0.05) is 21.7 Å². The highest BCUT2D eigenvalue weighted by molar-refractivity contribution is 9.11. The molecule has 2 aliphatic heterocycles. The summed E-state index contributed by atoms with van der Waals surface area (Å²) in [5, 5.41) is 5.46. The second-order valence-electron chi connectivity index (χ2n) is 14.0. The first kappa shape index (κ1) is 42.7. The number of rotatable bonds is 15. The van der Waals surface area contributed by atoms with Gasteiger partial charge in [-0.1, -0.05) is 160 Å². The van der Waals surface area contributed by atoms with Crippen LogP contribution < -0.4 is 10.6 Å². The number of nitrogens with one attached hydrogen (secondary N) is 2. The first-order chi connectivity index (χ1) is 29.1. The molecule has 0 aliphatic carbocycles. The minimum atomic E-state index is -1.17. The number of hydrogen-bond acceptors (Lipinski definition) is 8. The molecule has 0 bridgehead atoms. The summed E-state index contributed by atoms with van der Waals surface area (Å²) >= 11 is 17.3. The minimum absolute atomic E-state index is 0.0259. The number of fused-ring (bicyclic) bond motifs is 1. The van der Waals surface area contributed by atoms with Crippen molar-refractivity contribution in [1.29, 1.82) is 0 Å². The molecule has 3 amide bonds. The number of β-lactam (4-membered cyclic amide) rings is 1. The third-order valence-corrected chi connectivity index (χ3v) is 12.8. The molecule has 7 rings (SSSR count). The zero-order valence-electron chi connectivity index (χ0n) is 31.8. The summed E-state index contributed by atoms with van der Waals surface area (Å²) in [5.41, 5.74) is 3.20. The second kappa shape index (κ2) is 19.8. The molecule has 0 spiro atoms. The Labute approximate surface area is 369 Å². The number of nitrogens with zero attached hydrogens (tertiary/aromatic N) is 1. The average molecular weight is 928 g/mol. The van der Waals surface area contributed by atoms with E-state index in [1.807, 2.05) is 121 Å². The zero-order valence-corrected chi connectivity index (χ0v) is 35.8. The van der Waals surface area contributed by atoms with Crippen molar-refractivity contribution in [2.45, 2.75) is 48.9 Å². The number of thioether (sulfide) groups is 1. The summed E-state index contributed by atoms with van der Waals surface area (Å²) in [6.07, 6.45) is -1.40. The number of amides is 3. The third kappa shape index (κ3) is 9.96. The Morgan fingerprint density at radius 3 is 1.78 bits per heavy atom. The van der Waals surface area contributed by atoms with Crippen LogP contribution in [-0.2, 0) is 28.7 Å². The van der Waals surface area contributed by atoms with Gasteiger partial charge in [-0.3, -0.25) is 19.3 Å². The Morgan fingerprint density at radius 2 is 1.27 bits per heavy atom. The molecule has 0 radical (unpaired) electrons. The normalized spacial score (nSPS) is 16.4. The molecule has 1 saturated heterocycles. The summed E-state index contributed by atoms with van der Waals surface area (Å²) in [7, 11) is 0.